The SMILES string of the molecule is CCCc1cc(C(=O)NCCNC(C)=O)cc(Cl)n1. The van der Waals surface area contributed by atoms with Crippen molar-refractivity contribution in [2.45, 2.75) is 26.7 Å². The van der Waals surface area contributed by atoms with Crippen LogP contribution in [0, 0.1) is 0 Å². The van der Waals surface area contributed by atoms with Crippen molar-refractivity contribution in [1.29, 1.82) is 0 Å². The lowest BCUT2D eigenvalue weighted by Crippen LogP contribution is -2.33. The molecule has 0 atom stereocenters. The van der Waals surface area contributed by atoms with Gasteiger partial charge in [-0.1, -0.05) is 24.9 Å². The van der Waals surface area contributed by atoms with Crippen molar-refractivity contribution in [2.24, 2.45) is 0 Å². The highest BCUT2D eigenvalue weighted by molar-refractivity contribution is 6.29. The van der Waals surface area contributed by atoms with Gasteiger partial charge in [0.25, 0.3) is 5.91 Å². The molecule has 0 unspecified atom stereocenters. The zero-order valence-electron chi connectivity index (χ0n) is 11.1. The maximum Gasteiger partial charge on any atom is 0.251 e. The van der Waals surface area contributed by atoms with Gasteiger partial charge in [-0.05, 0) is 18.6 Å². The molecule has 2 amide bonds. The molecule has 5 nitrogen and oxygen atoms in total. The largest absolute Gasteiger partial charge is 0.355 e. The lowest BCUT2D eigenvalue weighted by atomic mass is 10.1. The molecule has 19 heavy (non-hydrogen) atoms. The Labute approximate surface area is 117 Å². The van der Waals surface area contributed by atoms with Crippen LogP contribution in [0.1, 0.15) is 36.3 Å². The lowest BCUT2D eigenvalue weighted by molar-refractivity contribution is -0.118. The first-order chi connectivity index (χ1) is 9.02. The van der Waals surface area contributed by atoms with Crippen molar-refractivity contribution >= 4 is 23.4 Å². The number of amides is 2. The van der Waals surface area contributed by atoms with E-state index in [1.54, 1.807) is 6.07 Å². The number of hydrogen-bond donors (Lipinski definition) is 2. The van der Waals surface area contributed by atoms with Crippen LogP contribution in [0.15, 0.2) is 12.1 Å². The molecule has 0 fully saturated rings. The highest BCUT2D eigenvalue weighted by Gasteiger charge is 2.08. The number of nitrogens with zero attached hydrogens (tertiary/aromatic N) is 1. The summed E-state index contributed by atoms with van der Waals surface area (Å²) in [5.41, 5.74) is 1.30. The first-order valence-electron chi connectivity index (χ1n) is 6.22. The second-order valence-corrected chi connectivity index (χ2v) is 4.55. The van der Waals surface area contributed by atoms with Crippen LogP contribution in [0.5, 0.6) is 0 Å². The number of hydrogen-bond acceptors (Lipinski definition) is 3. The van der Waals surface area contributed by atoms with E-state index in [0.29, 0.717) is 23.8 Å². The van der Waals surface area contributed by atoms with E-state index in [1.165, 1.54) is 13.0 Å². The van der Waals surface area contributed by atoms with Gasteiger partial charge in [0.1, 0.15) is 5.15 Å². The fourth-order valence-electron chi connectivity index (χ4n) is 1.58. The summed E-state index contributed by atoms with van der Waals surface area (Å²) in [7, 11) is 0. The highest BCUT2D eigenvalue weighted by Crippen LogP contribution is 2.12. The molecule has 1 heterocycles. The molecule has 104 valence electrons. The highest BCUT2D eigenvalue weighted by atomic mass is 35.5. The normalized spacial score (nSPS) is 10.1. The summed E-state index contributed by atoms with van der Waals surface area (Å²) in [6.07, 6.45) is 1.73. The van der Waals surface area contributed by atoms with Gasteiger partial charge < -0.3 is 10.6 Å². The summed E-state index contributed by atoms with van der Waals surface area (Å²) < 4.78 is 0. The van der Waals surface area contributed by atoms with Crippen LogP contribution in [0.4, 0.5) is 0 Å². The van der Waals surface area contributed by atoms with Gasteiger partial charge in [-0.15, -0.1) is 0 Å². The third-order valence-corrected chi connectivity index (χ3v) is 2.59. The molecule has 0 aliphatic carbocycles. The van der Waals surface area contributed by atoms with Gasteiger partial charge in [-0.25, -0.2) is 4.98 Å². The van der Waals surface area contributed by atoms with Gasteiger partial charge in [0.2, 0.25) is 5.91 Å². The third-order valence-electron chi connectivity index (χ3n) is 2.40. The molecule has 1 aromatic heterocycles. The van der Waals surface area contributed by atoms with Gasteiger partial charge in [-0.3, -0.25) is 9.59 Å². The molecule has 0 bridgehead atoms. The Morgan fingerprint density at radius 2 is 1.95 bits per heavy atom. The van der Waals surface area contributed by atoms with Crippen molar-refractivity contribution in [3.8, 4) is 0 Å². The standard InChI is InChI=1S/C13H18ClN3O2/c1-3-4-11-7-10(8-12(14)17-11)13(19)16-6-5-15-9(2)18/h7-8H,3-6H2,1-2H3,(H,15,18)(H,16,19). The Bertz CT molecular complexity index is 463. The van der Waals surface area contributed by atoms with Crippen molar-refractivity contribution in [2.75, 3.05) is 13.1 Å². The summed E-state index contributed by atoms with van der Waals surface area (Å²) in [6.45, 7) is 4.25. The Morgan fingerprint density at radius 1 is 1.26 bits per heavy atom. The van der Waals surface area contributed by atoms with E-state index in [2.05, 4.69) is 15.6 Å². The summed E-state index contributed by atoms with van der Waals surface area (Å²) >= 11 is 5.88. The number of carbonyl (C=O) groups is 2. The number of rotatable bonds is 6. The number of aromatic nitrogens is 1. The molecule has 0 spiro atoms. The Morgan fingerprint density at radius 3 is 2.58 bits per heavy atom. The van der Waals surface area contributed by atoms with Gasteiger partial charge in [-0.2, -0.15) is 0 Å². The van der Waals surface area contributed by atoms with Crippen molar-refractivity contribution in [1.82, 2.24) is 15.6 Å². The lowest BCUT2D eigenvalue weighted by Gasteiger charge is -2.07. The monoisotopic (exact) mass is 283 g/mol. The zero-order chi connectivity index (χ0) is 14.3. The quantitative estimate of drug-likeness (QED) is 0.615. The van der Waals surface area contributed by atoms with E-state index in [0.717, 1.165) is 18.5 Å². The number of halogens is 1. The number of carbonyl (C=O) groups excluding carboxylic acids is 2. The van der Waals surface area contributed by atoms with Crippen molar-refractivity contribution in [3.05, 3.63) is 28.5 Å². The Hall–Kier alpha value is -1.62. The van der Waals surface area contributed by atoms with E-state index in [9.17, 15) is 9.59 Å². The first-order valence-corrected chi connectivity index (χ1v) is 6.59. The fourth-order valence-corrected chi connectivity index (χ4v) is 1.81. The predicted octanol–water partition coefficient (Wildman–Crippen LogP) is 1.55. The van der Waals surface area contributed by atoms with Crippen LogP contribution in [-0.4, -0.2) is 29.9 Å². The summed E-state index contributed by atoms with van der Waals surface area (Å²) in [5.74, 6) is -0.335. The molecular weight excluding hydrogens is 266 g/mol. The summed E-state index contributed by atoms with van der Waals surface area (Å²) in [4.78, 5) is 26.7. The second-order valence-electron chi connectivity index (χ2n) is 4.16. The maximum atomic E-state index is 11.9. The van der Waals surface area contributed by atoms with Gasteiger partial charge in [0, 0.05) is 31.3 Å². The Kier molecular flexibility index (Phi) is 6.29. The summed E-state index contributed by atoms with van der Waals surface area (Å²) in [5, 5.41) is 5.63. The van der Waals surface area contributed by atoms with Crippen molar-refractivity contribution < 1.29 is 9.59 Å². The van der Waals surface area contributed by atoms with E-state index in [-0.39, 0.29) is 11.8 Å². The molecule has 1 aromatic rings. The van der Waals surface area contributed by atoms with Crippen LogP contribution >= 0.6 is 11.6 Å². The topological polar surface area (TPSA) is 71.1 Å². The molecule has 0 saturated heterocycles. The minimum absolute atomic E-state index is 0.119. The molecule has 0 aliphatic rings. The van der Waals surface area contributed by atoms with E-state index in [1.807, 2.05) is 6.92 Å². The molecule has 0 saturated carbocycles. The molecule has 0 aromatic carbocycles. The average Bonchev–Trinajstić information content (AvgIpc) is 2.34. The predicted molar refractivity (Wildman–Crippen MR) is 74.3 cm³/mol. The van der Waals surface area contributed by atoms with Gasteiger partial charge in [0.05, 0.1) is 0 Å². The molecule has 0 radical (unpaired) electrons. The second kappa shape index (κ2) is 7.74. The zero-order valence-corrected chi connectivity index (χ0v) is 11.9. The molecule has 0 aliphatic heterocycles. The van der Waals surface area contributed by atoms with Crippen molar-refractivity contribution in [3.63, 3.8) is 0 Å². The molecule has 1 rings (SSSR count). The number of pyridine rings is 1. The van der Waals surface area contributed by atoms with E-state index in [4.69, 9.17) is 11.6 Å². The summed E-state index contributed by atoms with van der Waals surface area (Å²) in [6, 6.07) is 3.28. The van der Waals surface area contributed by atoms with Crippen LogP contribution in [0.3, 0.4) is 0 Å². The van der Waals surface area contributed by atoms with Gasteiger partial charge >= 0.3 is 0 Å². The number of nitrogens with one attached hydrogen (secondary N) is 2. The fraction of sp³-hybridized carbons (Fsp3) is 0.462. The number of aryl methyl sites for hydroxylation is 1. The minimum atomic E-state index is -0.216. The van der Waals surface area contributed by atoms with Crippen LogP contribution in [0.25, 0.3) is 0 Å². The average molecular weight is 284 g/mol. The molecular formula is C13H18ClN3O2. The van der Waals surface area contributed by atoms with E-state index >= 15 is 0 Å². The minimum Gasteiger partial charge on any atom is -0.355 e. The van der Waals surface area contributed by atoms with Crippen LogP contribution in [0.2, 0.25) is 5.15 Å². The maximum absolute atomic E-state index is 11.9. The van der Waals surface area contributed by atoms with Gasteiger partial charge in [0.15, 0.2) is 0 Å². The van der Waals surface area contributed by atoms with Crippen LogP contribution in [-0.2, 0) is 11.2 Å². The molecule has 6 heteroatoms. The third kappa shape index (κ3) is 5.70. The molecule has 2 N–H and O–H groups in total. The van der Waals surface area contributed by atoms with E-state index < -0.39 is 0 Å². The Balaban J connectivity index is 2.58. The smallest absolute Gasteiger partial charge is 0.251 e. The first kappa shape index (κ1) is 15.4. The van der Waals surface area contributed by atoms with Crippen LogP contribution < -0.4 is 10.6 Å².